The molecule has 0 N–H and O–H groups in total. The minimum absolute atomic E-state index is 0.168. The average molecular weight is 425 g/mol. The number of rotatable bonds is 7. The first-order valence-corrected chi connectivity index (χ1v) is 10.3. The lowest BCUT2D eigenvalue weighted by Crippen LogP contribution is -2.37. The van der Waals surface area contributed by atoms with Crippen LogP contribution in [0.25, 0.3) is 11.3 Å². The van der Waals surface area contributed by atoms with Gasteiger partial charge in [0.05, 0.1) is 19.3 Å². The number of carbonyl (C=O) groups is 1. The second-order valence-corrected chi connectivity index (χ2v) is 7.25. The van der Waals surface area contributed by atoms with Gasteiger partial charge in [-0.05, 0) is 35.9 Å². The SMILES string of the molecule is COc1cccc(-c2ccc(=O)n(CC(=O)N(Cc3ccccc3)c3ccccc3)n2)c1. The minimum atomic E-state index is -0.335. The van der Waals surface area contributed by atoms with Crippen LogP contribution in [0.3, 0.4) is 0 Å². The fourth-order valence-electron chi connectivity index (χ4n) is 3.41. The summed E-state index contributed by atoms with van der Waals surface area (Å²) in [5, 5.41) is 4.44. The molecule has 3 aromatic carbocycles. The number of hydrogen-bond acceptors (Lipinski definition) is 4. The first-order valence-electron chi connectivity index (χ1n) is 10.3. The van der Waals surface area contributed by atoms with Crippen molar-refractivity contribution < 1.29 is 9.53 Å². The Hall–Kier alpha value is -4.19. The number of amides is 1. The summed E-state index contributed by atoms with van der Waals surface area (Å²) in [5.74, 6) is 0.466. The summed E-state index contributed by atoms with van der Waals surface area (Å²) in [6.07, 6.45) is 0. The Morgan fingerprint density at radius 2 is 1.62 bits per heavy atom. The number of anilines is 1. The van der Waals surface area contributed by atoms with Gasteiger partial charge in [-0.1, -0.05) is 60.7 Å². The molecule has 1 amide bonds. The van der Waals surface area contributed by atoms with Gasteiger partial charge in [0.25, 0.3) is 5.56 Å². The number of benzene rings is 3. The number of methoxy groups -OCH3 is 1. The van der Waals surface area contributed by atoms with Gasteiger partial charge >= 0.3 is 0 Å². The Morgan fingerprint density at radius 3 is 2.34 bits per heavy atom. The number of nitrogens with zero attached hydrogens (tertiary/aromatic N) is 3. The topological polar surface area (TPSA) is 64.4 Å². The van der Waals surface area contributed by atoms with Crippen molar-refractivity contribution >= 4 is 11.6 Å². The molecule has 0 saturated heterocycles. The standard InChI is InChI=1S/C26H23N3O3/c1-32-23-14-8-11-21(17-23)24-15-16-25(30)29(27-24)19-26(31)28(22-12-6-3-7-13-22)18-20-9-4-2-5-10-20/h2-17H,18-19H2,1H3. The Kier molecular flexibility index (Phi) is 6.41. The van der Waals surface area contributed by atoms with Crippen molar-refractivity contribution in [1.82, 2.24) is 9.78 Å². The van der Waals surface area contributed by atoms with Crippen LogP contribution in [0.1, 0.15) is 5.56 Å². The van der Waals surface area contributed by atoms with Crippen molar-refractivity contribution in [2.45, 2.75) is 13.1 Å². The van der Waals surface area contributed by atoms with Crippen molar-refractivity contribution in [3.63, 3.8) is 0 Å². The molecular formula is C26H23N3O3. The van der Waals surface area contributed by atoms with Crippen LogP contribution in [0.15, 0.2) is 102 Å². The Morgan fingerprint density at radius 1 is 0.906 bits per heavy atom. The van der Waals surface area contributed by atoms with Gasteiger partial charge in [0, 0.05) is 17.3 Å². The van der Waals surface area contributed by atoms with Crippen molar-refractivity contribution in [1.29, 1.82) is 0 Å². The predicted molar refractivity (Wildman–Crippen MR) is 125 cm³/mol. The van der Waals surface area contributed by atoms with E-state index in [1.165, 1.54) is 10.7 Å². The lowest BCUT2D eigenvalue weighted by molar-refractivity contribution is -0.119. The van der Waals surface area contributed by atoms with Gasteiger partial charge in [0.2, 0.25) is 5.91 Å². The summed E-state index contributed by atoms with van der Waals surface area (Å²) in [5.41, 5.74) is 2.81. The molecule has 1 aromatic heterocycles. The number of para-hydroxylation sites is 1. The van der Waals surface area contributed by atoms with Gasteiger partial charge in [-0.25, -0.2) is 4.68 Å². The first-order chi connectivity index (χ1) is 15.6. The molecule has 1 heterocycles. The third kappa shape index (κ3) is 4.92. The maximum atomic E-state index is 13.3. The van der Waals surface area contributed by atoms with E-state index in [1.807, 2.05) is 84.9 Å². The first kappa shape index (κ1) is 21.1. The van der Waals surface area contributed by atoms with Gasteiger partial charge in [0.15, 0.2) is 0 Å². The highest BCUT2D eigenvalue weighted by atomic mass is 16.5. The van der Waals surface area contributed by atoms with E-state index in [1.54, 1.807) is 18.1 Å². The smallest absolute Gasteiger partial charge is 0.267 e. The molecule has 0 unspecified atom stereocenters. The molecule has 32 heavy (non-hydrogen) atoms. The molecule has 0 atom stereocenters. The molecule has 0 bridgehead atoms. The van der Waals surface area contributed by atoms with E-state index >= 15 is 0 Å². The zero-order chi connectivity index (χ0) is 22.3. The second-order valence-electron chi connectivity index (χ2n) is 7.25. The third-order valence-corrected chi connectivity index (χ3v) is 5.07. The number of hydrogen-bond donors (Lipinski definition) is 0. The lowest BCUT2D eigenvalue weighted by Gasteiger charge is -2.23. The highest BCUT2D eigenvalue weighted by Crippen LogP contribution is 2.21. The summed E-state index contributed by atoms with van der Waals surface area (Å²) in [7, 11) is 1.59. The van der Waals surface area contributed by atoms with E-state index in [0.717, 1.165) is 16.8 Å². The highest BCUT2D eigenvalue weighted by Gasteiger charge is 2.18. The largest absolute Gasteiger partial charge is 0.497 e. The van der Waals surface area contributed by atoms with E-state index < -0.39 is 0 Å². The number of ether oxygens (including phenoxy) is 1. The van der Waals surface area contributed by atoms with Crippen LogP contribution in [0.2, 0.25) is 0 Å². The van der Waals surface area contributed by atoms with Gasteiger partial charge in [0.1, 0.15) is 12.3 Å². The minimum Gasteiger partial charge on any atom is -0.497 e. The van der Waals surface area contributed by atoms with E-state index in [4.69, 9.17) is 4.74 Å². The molecule has 4 rings (SSSR count). The van der Waals surface area contributed by atoms with Crippen LogP contribution in [0.4, 0.5) is 5.69 Å². The molecule has 6 heteroatoms. The maximum Gasteiger partial charge on any atom is 0.267 e. The van der Waals surface area contributed by atoms with Gasteiger partial charge < -0.3 is 9.64 Å². The molecule has 4 aromatic rings. The Bertz CT molecular complexity index is 1250. The van der Waals surface area contributed by atoms with Crippen molar-refractivity contribution in [3.05, 3.63) is 113 Å². The highest BCUT2D eigenvalue weighted by molar-refractivity contribution is 5.93. The molecule has 0 radical (unpaired) electrons. The molecule has 0 saturated carbocycles. The molecule has 160 valence electrons. The number of aromatic nitrogens is 2. The second kappa shape index (κ2) is 9.75. The van der Waals surface area contributed by atoms with Crippen LogP contribution >= 0.6 is 0 Å². The quantitative estimate of drug-likeness (QED) is 0.446. The van der Waals surface area contributed by atoms with Crippen LogP contribution in [-0.4, -0.2) is 22.8 Å². The van der Waals surface area contributed by atoms with Crippen LogP contribution in [0.5, 0.6) is 5.75 Å². The normalized spacial score (nSPS) is 10.5. The van der Waals surface area contributed by atoms with Crippen molar-refractivity contribution in [3.8, 4) is 17.0 Å². The maximum absolute atomic E-state index is 13.3. The molecule has 0 aliphatic carbocycles. The summed E-state index contributed by atoms with van der Waals surface area (Å²) >= 11 is 0. The molecule has 0 spiro atoms. The van der Waals surface area contributed by atoms with E-state index in [-0.39, 0.29) is 18.0 Å². The van der Waals surface area contributed by atoms with Crippen molar-refractivity contribution in [2.75, 3.05) is 12.0 Å². The summed E-state index contributed by atoms with van der Waals surface area (Å²) in [6, 6.07) is 29.7. The van der Waals surface area contributed by atoms with Crippen molar-refractivity contribution in [2.24, 2.45) is 0 Å². The van der Waals surface area contributed by atoms with Gasteiger partial charge in [-0.3, -0.25) is 9.59 Å². The van der Waals surface area contributed by atoms with E-state index in [0.29, 0.717) is 18.0 Å². The predicted octanol–water partition coefficient (Wildman–Crippen LogP) is 4.15. The summed E-state index contributed by atoms with van der Waals surface area (Å²) in [6.45, 7) is 0.229. The molecule has 0 aliphatic rings. The average Bonchev–Trinajstić information content (AvgIpc) is 2.85. The zero-order valence-electron chi connectivity index (χ0n) is 17.7. The third-order valence-electron chi connectivity index (χ3n) is 5.07. The monoisotopic (exact) mass is 425 g/mol. The van der Waals surface area contributed by atoms with Gasteiger partial charge in [-0.2, -0.15) is 5.10 Å². The van der Waals surface area contributed by atoms with Crippen LogP contribution in [0, 0.1) is 0 Å². The fraction of sp³-hybridized carbons (Fsp3) is 0.115. The molecular weight excluding hydrogens is 402 g/mol. The van der Waals surface area contributed by atoms with Crippen LogP contribution < -0.4 is 15.2 Å². The van der Waals surface area contributed by atoms with Gasteiger partial charge in [-0.15, -0.1) is 0 Å². The molecule has 6 nitrogen and oxygen atoms in total. The van der Waals surface area contributed by atoms with Crippen LogP contribution in [-0.2, 0) is 17.9 Å². The summed E-state index contributed by atoms with van der Waals surface area (Å²) < 4.78 is 6.48. The van der Waals surface area contributed by atoms with E-state index in [2.05, 4.69) is 5.10 Å². The zero-order valence-corrected chi connectivity index (χ0v) is 17.7. The Labute approximate surface area is 186 Å². The molecule has 0 aliphatic heterocycles. The Balaban J connectivity index is 1.63. The fourth-order valence-corrected chi connectivity index (χ4v) is 3.41. The summed E-state index contributed by atoms with van der Waals surface area (Å²) in [4.78, 5) is 27.5. The lowest BCUT2D eigenvalue weighted by atomic mass is 10.1. The van der Waals surface area contributed by atoms with E-state index in [9.17, 15) is 9.59 Å². The number of carbonyl (C=O) groups excluding carboxylic acids is 1. The molecule has 0 fully saturated rings.